The van der Waals surface area contributed by atoms with Crippen molar-refractivity contribution >= 4 is 29.0 Å². The SMILES string of the molecule is CCn1c(=S)[nH]c2cc(C(=O)NC(c3ccccc3)c3ccccc3)ccc2c1=O. The molecule has 1 aromatic heterocycles. The number of benzene rings is 3. The molecule has 6 heteroatoms. The van der Waals surface area contributed by atoms with E-state index in [1.54, 1.807) is 18.2 Å². The van der Waals surface area contributed by atoms with Gasteiger partial charge in [-0.15, -0.1) is 0 Å². The van der Waals surface area contributed by atoms with E-state index in [4.69, 9.17) is 12.2 Å². The lowest BCUT2D eigenvalue weighted by molar-refractivity contribution is 0.0943. The van der Waals surface area contributed by atoms with Gasteiger partial charge >= 0.3 is 0 Å². The van der Waals surface area contributed by atoms with E-state index in [9.17, 15) is 9.59 Å². The summed E-state index contributed by atoms with van der Waals surface area (Å²) in [7, 11) is 0. The van der Waals surface area contributed by atoms with Crippen LogP contribution in [-0.4, -0.2) is 15.5 Å². The third-order valence-electron chi connectivity index (χ3n) is 5.10. The van der Waals surface area contributed by atoms with Crippen LogP contribution < -0.4 is 10.9 Å². The van der Waals surface area contributed by atoms with Crippen LogP contribution in [0.25, 0.3) is 10.9 Å². The molecular formula is C24H21N3O2S. The fourth-order valence-corrected chi connectivity index (χ4v) is 3.87. The minimum Gasteiger partial charge on any atom is -0.341 e. The first kappa shape index (κ1) is 19.8. The summed E-state index contributed by atoms with van der Waals surface area (Å²) in [6.45, 7) is 2.36. The molecule has 150 valence electrons. The Balaban J connectivity index is 1.72. The van der Waals surface area contributed by atoms with Crippen molar-refractivity contribution in [1.82, 2.24) is 14.9 Å². The summed E-state index contributed by atoms with van der Waals surface area (Å²) in [6.07, 6.45) is 0. The van der Waals surface area contributed by atoms with Crippen LogP contribution in [0.4, 0.5) is 0 Å². The lowest BCUT2D eigenvalue weighted by Crippen LogP contribution is -2.29. The van der Waals surface area contributed by atoms with Crippen LogP contribution in [-0.2, 0) is 6.54 Å². The number of carbonyl (C=O) groups is 1. The summed E-state index contributed by atoms with van der Waals surface area (Å²) in [5.41, 5.74) is 2.83. The number of fused-ring (bicyclic) bond motifs is 1. The molecule has 0 bridgehead atoms. The number of nitrogens with one attached hydrogen (secondary N) is 2. The first-order valence-electron chi connectivity index (χ1n) is 9.76. The second-order valence-corrected chi connectivity index (χ2v) is 7.35. The van der Waals surface area contributed by atoms with Gasteiger partial charge in [0, 0.05) is 12.1 Å². The van der Waals surface area contributed by atoms with Gasteiger partial charge in [-0.2, -0.15) is 0 Å². The highest BCUT2D eigenvalue weighted by molar-refractivity contribution is 7.71. The first-order chi connectivity index (χ1) is 14.6. The maximum absolute atomic E-state index is 13.1. The molecule has 0 fully saturated rings. The Morgan fingerprint density at radius 2 is 1.60 bits per heavy atom. The smallest absolute Gasteiger partial charge is 0.262 e. The van der Waals surface area contributed by atoms with Gasteiger partial charge in [-0.3, -0.25) is 14.2 Å². The van der Waals surface area contributed by atoms with Crippen LogP contribution in [0.15, 0.2) is 83.7 Å². The number of rotatable bonds is 5. The number of H-pyrrole nitrogens is 1. The first-order valence-corrected chi connectivity index (χ1v) is 10.2. The molecule has 0 atom stereocenters. The van der Waals surface area contributed by atoms with Crippen molar-refractivity contribution in [3.63, 3.8) is 0 Å². The molecule has 0 aliphatic rings. The number of hydrogen-bond acceptors (Lipinski definition) is 3. The summed E-state index contributed by atoms with van der Waals surface area (Å²) in [5.74, 6) is -0.228. The van der Waals surface area contributed by atoms with E-state index in [0.29, 0.717) is 27.8 Å². The van der Waals surface area contributed by atoms with Gasteiger partial charge in [-0.1, -0.05) is 60.7 Å². The van der Waals surface area contributed by atoms with Gasteiger partial charge in [0.2, 0.25) is 0 Å². The molecule has 4 aromatic rings. The summed E-state index contributed by atoms with van der Waals surface area (Å²) in [4.78, 5) is 28.7. The van der Waals surface area contributed by atoms with Crippen molar-refractivity contribution in [1.29, 1.82) is 0 Å². The van der Waals surface area contributed by atoms with E-state index < -0.39 is 0 Å². The van der Waals surface area contributed by atoms with E-state index in [1.165, 1.54) is 4.57 Å². The van der Waals surface area contributed by atoms with Crippen molar-refractivity contribution in [3.05, 3.63) is 111 Å². The van der Waals surface area contributed by atoms with Crippen LogP contribution in [0.2, 0.25) is 0 Å². The largest absolute Gasteiger partial charge is 0.341 e. The summed E-state index contributed by atoms with van der Waals surface area (Å²) >= 11 is 5.28. The number of carbonyl (C=O) groups excluding carboxylic acids is 1. The Morgan fingerprint density at radius 3 is 2.17 bits per heavy atom. The van der Waals surface area contributed by atoms with Crippen LogP contribution in [0.1, 0.15) is 34.5 Å². The van der Waals surface area contributed by atoms with Crippen molar-refractivity contribution in [2.45, 2.75) is 19.5 Å². The van der Waals surface area contributed by atoms with E-state index >= 15 is 0 Å². The van der Waals surface area contributed by atoms with Gasteiger partial charge in [-0.05, 0) is 48.5 Å². The average Bonchev–Trinajstić information content (AvgIpc) is 2.78. The fourth-order valence-electron chi connectivity index (χ4n) is 3.55. The van der Waals surface area contributed by atoms with Gasteiger partial charge in [0.05, 0.1) is 16.9 Å². The van der Waals surface area contributed by atoms with Crippen molar-refractivity contribution in [2.75, 3.05) is 0 Å². The molecule has 0 unspecified atom stereocenters. The minimum absolute atomic E-state index is 0.158. The molecule has 3 aromatic carbocycles. The summed E-state index contributed by atoms with van der Waals surface area (Å²) in [6, 6.07) is 24.4. The molecule has 2 N–H and O–H groups in total. The molecule has 0 aliphatic heterocycles. The molecule has 0 radical (unpaired) electrons. The number of aromatic amines is 1. The maximum Gasteiger partial charge on any atom is 0.262 e. The zero-order valence-electron chi connectivity index (χ0n) is 16.5. The normalized spacial score (nSPS) is 11.0. The number of hydrogen-bond donors (Lipinski definition) is 2. The maximum atomic E-state index is 13.1. The Bertz CT molecular complexity index is 1270. The minimum atomic E-state index is -0.290. The van der Waals surface area contributed by atoms with E-state index in [-0.39, 0.29) is 17.5 Å². The molecule has 4 rings (SSSR count). The molecule has 30 heavy (non-hydrogen) atoms. The monoisotopic (exact) mass is 415 g/mol. The van der Waals surface area contributed by atoms with Crippen LogP contribution in [0, 0.1) is 4.77 Å². The molecule has 1 amide bonds. The fraction of sp³-hybridized carbons (Fsp3) is 0.125. The zero-order chi connectivity index (χ0) is 21.1. The predicted molar refractivity (Wildman–Crippen MR) is 121 cm³/mol. The Kier molecular flexibility index (Phi) is 5.59. The number of nitrogens with zero attached hydrogens (tertiary/aromatic N) is 1. The second kappa shape index (κ2) is 8.47. The van der Waals surface area contributed by atoms with Crippen molar-refractivity contribution in [3.8, 4) is 0 Å². The highest BCUT2D eigenvalue weighted by Crippen LogP contribution is 2.22. The van der Waals surface area contributed by atoms with Crippen LogP contribution >= 0.6 is 12.2 Å². The van der Waals surface area contributed by atoms with Crippen LogP contribution in [0.5, 0.6) is 0 Å². The standard InChI is InChI=1S/C24H21N3O2S/c1-2-27-23(29)19-14-13-18(15-20(19)25-24(27)30)22(28)26-21(16-9-5-3-6-10-16)17-11-7-4-8-12-17/h3-15,21H,2H2,1H3,(H,25,30)(H,26,28). The van der Waals surface area contributed by atoms with Crippen LogP contribution in [0.3, 0.4) is 0 Å². The quantitative estimate of drug-likeness (QED) is 0.468. The van der Waals surface area contributed by atoms with E-state index in [2.05, 4.69) is 10.3 Å². The number of aromatic nitrogens is 2. The molecular weight excluding hydrogens is 394 g/mol. The van der Waals surface area contributed by atoms with Gasteiger partial charge in [0.15, 0.2) is 4.77 Å². The lowest BCUT2D eigenvalue weighted by atomic mass is 9.98. The molecule has 0 aliphatic carbocycles. The highest BCUT2D eigenvalue weighted by atomic mass is 32.1. The van der Waals surface area contributed by atoms with Crippen molar-refractivity contribution in [2.24, 2.45) is 0 Å². The zero-order valence-corrected chi connectivity index (χ0v) is 17.3. The van der Waals surface area contributed by atoms with Crippen molar-refractivity contribution < 1.29 is 4.79 Å². The molecule has 5 nitrogen and oxygen atoms in total. The molecule has 0 saturated carbocycles. The average molecular weight is 416 g/mol. The topological polar surface area (TPSA) is 66.9 Å². The molecule has 0 spiro atoms. The Morgan fingerprint density at radius 1 is 1.00 bits per heavy atom. The van der Waals surface area contributed by atoms with Gasteiger partial charge in [0.25, 0.3) is 11.5 Å². The van der Waals surface area contributed by atoms with Gasteiger partial charge in [0.1, 0.15) is 0 Å². The third kappa shape index (κ3) is 3.82. The van der Waals surface area contributed by atoms with Gasteiger partial charge < -0.3 is 10.3 Å². The predicted octanol–water partition coefficient (Wildman–Crippen LogP) is 4.60. The summed E-state index contributed by atoms with van der Waals surface area (Å²) in [5, 5.41) is 3.62. The summed E-state index contributed by atoms with van der Waals surface area (Å²) < 4.78 is 1.84. The Labute approximate surface area is 179 Å². The Hall–Kier alpha value is -3.51. The van der Waals surface area contributed by atoms with E-state index in [1.807, 2.05) is 67.6 Å². The molecule has 1 heterocycles. The molecule has 0 saturated heterocycles. The van der Waals surface area contributed by atoms with Gasteiger partial charge in [-0.25, -0.2) is 0 Å². The second-order valence-electron chi connectivity index (χ2n) is 6.97. The third-order valence-corrected chi connectivity index (χ3v) is 5.42. The highest BCUT2D eigenvalue weighted by Gasteiger charge is 2.18. The number of amides is 1. The van der Waals surface area contributed by atoms with E-state index in [0.717, 1.165) is 11.1 Å². The lowest BCUT2D eigenvalue weighted by Gasteiger charge is -2.20.